The summed E-state index contributed by atoms with van der Waals surface area (Å²) in [4.78, 5) is 8.91. The first kappa shape index (κ1) is 15.0. The Morgan fingerprint density at radius 3 is 2.65 bits per heavy atom. The first-order chi connectivity index (χ1) is 9.62. The number of nitrogens with zero attached hydrogens (tertiary/aromatic N) is 2. The summed E-state index contributed by atoms with van der Waals surface area (Å²) in [6, 6.07) is 2.46. The molecule has 0 aliphatic heterocycles. The van der Waals surface area contributed by atoms with Crippen LogP contribution in [0.5, 0.6) is 0 Å². The Kier molecular flexibility index (Phi) is 5.17. The van der Waals surface area contributed by atoms with Crippen LogP contribution in [0.25, 0.3) is 0 Å². The van der Waals surface area contributed by atoms with E-state index in [0.717, 1.165) is 17.6 Å². The summed E-state index contributed by atoms with van der Waals surface area (Å²) in [6.45, 7) is 5.10. The van der Waals surface area contributed by atoms with Gasteiger partial charge in [-0.25, -0.2) is 9.97 Å². The van der Waals surface area contributed by atoms with E-state index < -0.39 is 0 Å². The van der Waals surface area contributed by atoms with E-state index in [1.807, 2.05) is 13.1 Å². The van der Waals surface area contributed by atoms with Crippen LogP contribution in [0.3, 0.4) is 0 Å². The van der Waals surface area contributed by atoms with Crippen LogP contribution in [0.1, 0.15) is 38.9 Å². The van der Waals surface area contributed by atoms with E-state index in [4.69, 9.17) is 4.74 Å². The highest BCUT2D eigenvalue weighted by atomic mass is 16.5. The number of anilines is 2. The van der Waals surface area contributed by atoms with Gasteiger partial charge in [-0.2, -0.15) is 0 Å². The predicted molar refractivity (Wildman–Crippen MR) is 81.9 cm³/mol. The largest absolute Gasteiger partial charge is 0.377 e. The monoisotopic (exact) mass is 278 g/mol. The molecule has 1 saturated carbocycles. The molecule has 5 nitrogen and oxygen atoms in total. The van der Waals surface area contributed by atoms with Gasteiger partial charge in [0.1, 0.15) is 18.2 Å². The van der Waals surface area contributed by atoms with Crippen LogP contribution in [-0.4, -0.2) is 30.2 Å². The lowest BCUT2D eigenvalue weighted by molar-refractivity contribution is 0.178. The van der Waals surface area contributed by atoms with E-state index in [1.165, 1.54) is 19.3 Å². The zero-order chi connectivity index (χ0) is 14.5. The molecule has 20 heavy (non-hydrogen) atoms. The number of hydrogen-bond acceptors (Lipinski definition) is 5. The van der Waals surface area contributed by atoms with Crippen molar-refractivity contribution in [2.75, 3.05) is 24.8 Å². The summed E-state index contributed by atoms with van der Waals surface area (Å²) in [7, 11) is 3.53. The Bertz CT molecular complexity index is 438. The highest BCUT2D eigenvalue weighted by Gasteiger charge is 2.25. The molecule has 1 aromatic rings. The summed E-state index contributed by atoms with van der Waals surface area (Å²) in [5.41, 5.74) is 0. The standard InChI is InChI=1S/C15H26N4O/c1-10-5-6-12(11(2)7-10)17-14-8-13(16-3)18-15(19-14)9-20-4/h8,10-12H,5-7,9H2,1-4H3,(H2,16,17,18,19). The summed E-state index contributed by atoms with van der Waals surface area (Å²) < 4.78 is 5.13. The van der Waals surface area contributed by atoms with Crippen LogP contribution in [0.15, 0.2) is 6.07 Å². The Balaban J connectivity index is 2.09. The Morgan fingerprint density at radius 1 is 1.25 bits per heavy atom. The lowest BCUT2D eigenvalue weighted by atomic mass is 9.80. The summed E-state index contributed by atoms with van der Waals surface area (Å²) in [6.07, 6.45) is 3.78. The van der Waals surface area contributed by atoms with Crippen LogP contribution >= 0.6 is 0 Å². The Hall–Kier alpha value is -1.36. The molecule has 3 unspecified atom stereocenters. The highest BCUT2D eigenvalue weighted by Crippen LogP contribution is 2.30. The minimum atomic E-state index is 0.432. The maximum atomic E-state index is 5.13. The molecule has 1 fully saturated rings. The quantitative estimate of drug-likeness (QED) is 0.867. The van der Waals surface area contributed by atoms with Gasteiger partial charge in [-0.05, 0) is 31.1 Å². The maximum absolute atomic E-state index is 5.13. The third kappa shape index (κ3) is 3.82. The van der Waals surface area contributed by atoms with E-state index in [-0.39, 0.29) is 0 Å². The van der Waals surface area contributed by atoms with Gasteiger partial charge in [-0.1, -0.05) is 13.8 Å². The molecular formula is C15H26N4O. The fourth-order valence-electron chi connectivity index (χ4n) is 2.96. The topological polar surface area (TPSA) is 59.1 Å². The lowest BCUT2D eigenvalue weighted by Gasteiger charge is -2.33. The van der Waals surface area contributed by atoms with Gasteiger partial charge in [-0.15, -0.1) is 0 Å². The smallest absolute Gasteiger partial charge is 0.158 e. The molecule has 2 N–H and O–H groups in total. The molecule has 2 rings (SSSR count). The van der Waals surface area contributed by atoms with Gasteiger partial charge in [0, 0.05) is 26.3 Å². The third-order valence-electron chi connectivity index (χ3n) is 4.07. The molecule has 3 atom stereocenters. The first-order valence-electron chi connectivity index (χ1n) is 7.43. The van der Waals surface area contributed by atoms with E-state index >= 15 is 0 Å². The van der Waals surface area contributed by atoms with Crippen molar-refractivity contribution < 1.29 is 4.74 Å². The molecule has 5 heteroatoms. The molecule has 0 bridgehead atoms. The molecule has 0 amide bonds. The van der Waals surface area contributed by atoms with Crippen LogP contribution in [-0.2, 0) is 11.3 Å². The van der Waals surface area contributed by atoms with E-state index in [1.54, 1.807) is 7.11 Å². The van der Waals surface area contributed by atoms with Gasteiger partial charge in [0.2, 0.25) is 0 Å². The molecular weight excluding hydrogens is 252 g/mol. The molecule has 1 heterocycles. The molecule has 0 spiro atoms. The highest BCUT2D eigenvalue weighted by molar-refractivity contribution is 5.47. The van der Waals surface area contributed by atoms with Crippen LogP contribution in [0, 0.1) is 11.8 Å². The minimum absolute atomic E-state index is 0.432. The maximum Gasteiger partial charge on any atom is 0.158 e. The van der Waals surface area contributed by atoms with Gasteiger partial charge < -0.3 is 15.4 Å². The van der Waals surface area contributed by atoms with Gasteiger partial charge >= 0.3 is 0 Å². The average Bonchev–Trinajstić information content (AvgIpc) is 2.42. The second-order valence-electron chi connectivity index (χ2n) is 5.88. The second-order valence-corrected chi connectivity index (χ2v) is 5.88. The first-order valence-corrected chi connectivity index (χ1v) is 7.43. The molecule has 1 aliphatic rings. The molecule has 0 aromatic carbocycles. The molecule has 1 aromatic heterocycles. The molecule has 1 aliphatic carbocycles. The number of methoxy groups -OCH3 is 1. The summed E-state index contributed by atoms with van der Waals surface area (Å²) in [5, 5.41) is 6.65. The minimum Gasteiger partial charge on any atom is -0.377 e. The number of nitrogens with one attached hydrogen (secondary N) is 2. The number of hydrogen-bond donors (Lipinski definition) is 2. The lowest BCUT2D eigenvalue weighted by Crippen LogP contribution is -2.33. The van der Waals surface area contributed by atoms with Crippen molar-refractivity contribution in [3.8, 4) is 0 Å². The fourth-order valence-corrected chi connectivity index (χ4v) is 2.96. The van der Waals surface area contributed by atoms with Crippen molar-refractivity contribution in [3.05, 3.63) is 11.9 Å². The van der Waals surface area contributed by atoms with Crippen molar-refractivity contribution >= 4 is 11.6 Å². The molecule has 112 valence electrons. The molecule has 0 saturated heterocycles. The zero-order valence-electron chi connectivity index (χ0n) is 12.9. The van der Waals surface area contributed by atoms with Gasteiger partial charge in [-0.3, -0.25) is 0 Å². The van der Waals surface area contributed by atoms with Crippen LogP contribution in [0.4, 0.5) is 11.6 Å². The predicted octanol–water partition coefficient (Wildman–Crippen LogP) is 2.90. The van der Waals surface area contributed by atoms with E-state index in [9.17, 15) is 0 Å². The van der Waals surface area contributed by atoms with Gasteiger partial charge in [0.05, 0.1) is 0 Å². The van der Waals surface area contributed by atoms with Gasteiger partial charge in [0.25, 0.3) is 0 Å². The van der Waals surface area contributed by atoms with E-state index in [2.05, 4.69) is 34.4 Å². The summed E-state index contributed by atoms with van der Waals surface area (Å²) >= 11 is 0. The zero-order valence-corrected chi connectivity index (χ0v) is 12.9. The Morgan fingerprint density at radius 2 is 2.00 bits per heavy atom. The van der Waals surface area contributed by atoms with Crippen LogP contribution < -0.4 is 10.6 Å². The molecule has 0 radical (unpaired) electrons. The third-order valence-corrected chi connectivity index (χ3v) is 4.07. The van der Waals surface area contributed by atoms with Crippen molar-refractivity contribution in [1.82, 2.24) is 9.97 Å². The normalized spacial score (nSPS) is 26.3. The van der Waals surface area contributed by atoms with Crippen molar-refractivity contribution in [1.29, 1.82) is 0 Å². The summed E-state index contributed by atoms with van der Waals surface area (Å²) in [5.74, 6) is 3.94. The fraction of sp³-hybridized carbons (Fsp3) is 0.733. The average molecular weight is 278 g/mol. The number of aromatic nitrogens is 2. The Labute approximate surface area is 121 Å². The van der Waals surface area contributed by atoms with Crippen molar-refractivity contribution in [2.45, 2.75) is 45.8 Å². The van der Waals surface area contributed by atoms with Crippen LogP contribution in [0.2, 0.25) is 0 Å². The van der Waals surface area contributed by atoms with Gasteiger partial charge in [0.15, 0.2) is 5.82 Å². The number of rotatable bonds is 5. The SMILES string of the molecule is CNc1cc(NC2CCC(C)CC2C)nc(COC)n1. The van der Waals surface area contributed by atoms with Crippen molar-refractivity contribution in [2.24, 2.45) is 11.8 Å². The van der Waals surface area contributed by atoms with E-state index in [0.29, 0.717) is 24.4 Å². The number of ether oxygens (including phenoxy) is 1. The van der Waals surface area contributed by atoms with Crippen molar-refractivity contribution in [3.63, 3.8) is 0 Å². The second kappa shape index (κ2) is 6.88.